The van der Waals surface area contributed by atoms with E-state index < -0.39 is 0 Å². The lowest BCUT2D eigenvalue weighted by molar-refractivity contribution is 0.267. The molecule has 0 unspecified atom stereocenters. The summed E-state index contributed by atoms with van der Waals surface area (Å²) in [4.78, 5) is 15.8. The summed E-state index contributed by atoms with van der Waals surface area (Å²) < 4.78 is 6.82. The minimum absolute atomic E-state index is 0.0649. The van der Waals surface area contributed by atoms with Crippen molar-refractivity contribution in [3.05, 3.63) is 17.9 Å². The molecule has 96 valence electrons. The van der Waals surface area contributed by atoms with Crippen LogP contribution in [0, 0.1) is 5.92 Å². The van der Waals surface area contributed by atoms with Gasteiger partial charge in [-0.3, -0.25) is 0 Å². The highest BCUT2D eigenvalue weighted by atomic mass is 35.5. The van der Waals surface area contributed by atoms with Crippen molar-refractivity contribution in [1.29, 1.82) is 0 Å². The smallest absolute Gasteiger partial charge is 0.322 e. The van der Waals surface area contributed by atoms with Gasteiger partial charge in [0.15, 0.2) is 0 Å². The van der Waals surface area contributed by atoms with E-state index in [1.165, 1.54) is 17.3 Å². The summed E-state index contributed by atoms with van der Waals surface area (Å²) in [6.07, 6.45) is 3.78. The van der Waals surface area contributed by atoms with E-state index in [9.17, 15) is 0 Å². The topological polar surface area (TPSA) is 78.6 Å². The second-order valence-corrected chi connectivity index (χ2v) is 4.40. The molecule has 0 saturated carbocycles. The van der Waals surface area contributed by atoms with E-state index in [2.05, 4.69) is 38.9 Å². The molecule has 2 aromatic rings. The summed E-state index contributed by atoms with van der Waals surface area (Å²) in [6.45, 7) is 4.77. The van der Waals surface area contributed by atoms with Crippen LogP contribution in [0.2, 0.25) is 5.28 Å². The van der Waals surface area contributed by atoms with Gasteiger partial charge in [-0.05, 0) is 23.9 Å². The second-order valence-electron chi connectivity index (χ2n) is 4.06. The van der Waals surface area contributed by atoms with E-state index in [1.807, 2.05) is 0 Å². The largest absolute Gasteiger partial charge is 0.463 e. The van der Waals surface area contributed by atoms with Gasteiger partial charge in [0, 0.05) is 0 Å². The van der Waals surface area contributed by atoms with Crippen molar-refractivity contribution in [2.24, 2.45) is 5.92 Å². The molecule has 0 bridgehead atoms. The van der Waals surface area contributed by atoms with Crippen molar-refractivity contribution in [3.63, 3.8) is 0 Å². The number of ether oxygens (including phenoxy) is 1. The van der Waals surface area contributed by atoms with Gasteiger partial charge in [0.1, 0.15) is 12.7 Å². The molecule has 0 atom stereocenters. The van der Waals surface area contributed by atoms with Crippen LogP contribution in [0.15, 0.2) is 12.7 Å². The fourth-order valence-electron chi connectivity index (χ4n) is 1.19. The van der Waals surface area contributed by atoms with Gasteiger partial charge < -0.3 is 4.74 Å². The maximum absolute atomic E-state index is 5.80. The van der Waals surface area contributed by atoms with E-state index in [4.69, 9.17) is 16.3 Å². The predicted octanol–water partition coefficient (Wildman–Crippen LogP) is 1.53. The molecule has 8 heteroatoms. The van der Waals surface area contributed by atoms with Gasteiger partial charge in [-0.1, -0.05) is 13.8 Å². The maximum Gasteiger partial charge on any atom is 0.322 e. The Bertz CT molecular complexity index is 501. The Hall–Kier alpha value is -1.76. The number of hydrogen-bond donors (Lipinski definition) is 0. The van der Waals surface area contributed by atoms with Crippen LogP contribution < -0.4 is 4.74 Å². The Morgan fingerprint density at radius 2 is 2.17 bits per heavy atom. The molecule has 0 fully saturated rings. The van der Waals surface area contributed by atoms with Crippen molar-refractivity contribution in [1.82, 2.24) is 29.7 Å². The molecule has 0 aliphatic heterocycles. The van der Waals surface area contributed by atoms with Crippen LogP contribution in [0.5, 0.6) is 6.01 Å². The van der Waals surface area contributed by atoms with Gasteiger partial charge in [-0.2, -0.15) is 24.7 Å². The molecule has 0 amide bonds. The quantitative estimate of drug-likeness (QED) is 0.818. The molecule has 0 saturated heterocycles. The van der Waals surface area contributed by atoms with Gasteiger partial charge in [0.25, 0.3) is 5.95 Å². The van der Waals surface area contributed by atoms with E-state index in [0.29, 0.717) is 12.5 Å². The molecule has 18 heavy (non-hydrogen) atoms. The summed E-state index contributed by atoms with van der Waals surface area (Å²) in [5.41, 5.74) is 0. The number of hydrogen-bond acceptors (Lipinski definition) is 6. The summed E-state index contributed by atoms with van der Waals surface area (Å²) in [5, 5.41) is 3.98. The Labute approximate surface area is 109 Å². The Morgan fingerprint density at radius 1 is 1.33 bits per heavy atom. The van der Waals surface area contributed by atoms with Crippen LogP contribution in [-0.2, 0) is 0 Å². The summed E-state index contributed by atoms with van der Waals surface area (Å²) in [5.74, 6) is 0.837. The average molecular weight is 269 g/mol. The van der Waals surface area contributed by atoms with Crippen molar-refractivity contribution in [2.75, 3.05) is 6.61 Å². The highest BCUT2D eigenvalue weighted by molar-refractivity contribution is 6.28. The van der Waals surface area contributed by atoms with Crippen molar-refractivity contribution in [3.8, 4) is 12.0 Å². The fraction of sp³-hybridized carbons (Fsp3) is 0.500. The molecular formula is C10H13ClN6O. The average Bonchev–Trinajstić information content (AvgIpc) is 2.81. The molecule has 2 aromatic heterocycles. The lowest BCUT2D eigenvalue weighted by atomic mass is 10.1. The van der Waals surface area contributed by atoms with Crippen LogP contribution in [-0.4, -0.2) is 36.3 Å². The monoisotopic (exact) mass is 268 g/mol. The molecule has 2 rings (SSSR count). The van der Waals surface area contributed by atoms with Crippen molar-refractivity contribution in [2.45, 2.75) is 20.3 Å². The Morgan fingerprint density at radius 3 is 2.83 bits per heavy atom. The Balaban J connectivity index is 2.12. The SMILES string of the molecule is CC(C)CCOc1nc(Cl)nc(-n2cncn2)n1. The molecule has 0 spiro atoms. The third-order valence-electron chi connectivity index (χ3n) is 2.13. The van der Waals surface area contributed by atoms with Crippen molar-refractivity contribution < 1.29 is 4.74 Å². The van der Waals surface area contributed by atoms with E-state index >= 15 is 0 Å². The van der Waals surface area contributed by atoms with Crippen LogP contribution in [0.25, 0.3) is 5.95 Å². The predicted molar refractivity (Wildman–Crippen MR) is 64.7 cm³/mol. The second kappa shape index (κ2) is 5.72. The summed E-state index contributed by atoms with van der Waals surface area (Å²) >= 11 is 5.80. The Kier molecular flexibility index (Phi) is 4.03. The first-order valence-corrected chi connectivity index (χ1v) is 5.92. The summed E-state index contributed by atoms with van der Waals surface area (Å²) in [7, 11) is 0. The summed E-state index contributed by atoms with van der Waals surface area (Å²) in [6, 6.07) is 0.196. The normalized spacial score (nSPS) is 10.9. The van der Waals surface area contributed by atoms with Gasteiger partial charge in [-0.15, -0.1) is 0 Å². The minimum atomic E-state index is 0.0649. The maximum atomic E-state index is 5.80. The molecule has 0 aliphatic carbocycles. The molecule has 0 aliphatic rings. The lowest BCUT2D eigenvalue weighted by Gasteiger charge is -2.07. The fourth-order valence-corrected chi connectivity index (χ4v) is 1.33. The van der Waals surface area contributed by atoms with Gasteiger partial charge >= 0.3 is 6.01 Å². The minimum Gasteiger partial charge on any atom is -0.463 e. The highest BCUT2D eigenvalue weighted by Crippen LogP contribution is 2.11. The van der Waals surface area contributed by atoms with E-state index in [0.717, 1.165) is 6.42 Å². The number of rotatable bonds is 5. The van der Waals surface area contributed by atoms with Gasteiger partial charge in [0.2, 0.25) is 5.28 Å². The van der Waals surface area contributed by atoms with Crippen LogP contribution in [0.1, 0.15) is 20.3 Å². The van der Waals surface area contributed by atoms with Crippen LogP contribution in [0.4, 0.5) is 0 Å². The van der Waals surface area contributed by atoms with Crippen LogP contribution in [0.3, 0.4) is 0 Å². The zero-order chi connectivity index (χ0) is 13.0. The molecule has 7 nitrogen and oxygen atoms in total. The zero-order valence-electron chi connectivity index (χ0n) is 10.1. The first-order chi connectivity index (χ1) is 8.65. The number of nitrogens with zero attached hydrogens (tertiary/aromatic N) is 6. The zero-order valence-corrected chi connectivity index (χ0v) is 10.9. The van der Waals surface area contributed by atoms with E-state index in [1.54, 1.807) is 0 Å². The molecule has 2 heterocycles. The lowest BCUT2D eigenvalue weighted by Crippen LogP contribution is -2.08. The molecule has 0 aromatic carbocycles. The third-order valence-corrected chi connectivity index (χ3v) is 2.29. The first-order valence-electron chi connectivity index (χ1n) is 5.54. The van der Waals surface area contributed by atoms with Crippen LogP contribution >= 0.6 is 11.6 Å². The van der Waals surface area contributed by atoms with Gasteiger partial charge in [0.05, 0.1) is 6.61 Å². The molecule has 0 radical (unpaired) electrons. The molecule has 0 N–H and O–H groups in total. The van der Waals surface area contributed by atoms with Crippen molar-refractivity contribution >= 4 is 11.6 Å². The first kappa shape index (κ1) is 12.7. The van der Waals surface area contributed by atoms with E-state index in [-0.39, 0.29) is 17.2 Å². The third kappa shape index (κ3) is 3.36. The van der Waals surface area contributed by atoms with Gasteiger partial charge in [-0.25, -0.2) is 4.98 Å². The number of halogens is 1. The molecular weight excluding hydrogens is 256 g/mol. The highest BCUT2D eigenvalue weighted by Gasteiger charge is 2.08. The number of aromatic nitrogens is 6. The standard InChI is InChI=1S/C10H13ClN6O/c1-7(2)3-4-18-10-15-8(11)14-9(16-10)17-6-12-5-13-17/h5-7H,3-4H2,1-2H3.